The van der Waals surface area contributed by atoms with Crippen LogP contribution in [0, 0.1) is 0 Å². The van der Waals surface area contributed by atoms with E-state index >= 15 is 0 Å². The lowest BCUT2D eigenvalue weighted by molar-refractivity contribution is 0.106. The minimum Gasteiger partial charge on any atom is -0.380 e. The number of nitrogens with one attached hydrogen (secondary N) is 2. The Morgan fingerprint density at radius 1 is 1.22 bits per heavy atom. The lowest BCUT2D eigenvalue weighted by Gasteiger charge is -2.22. The monoisotopic (exact) mass is 272 g/mol. The Hall–Kier alpha value is -1.11. The van der Waals surface area contributed by atoms with Crippen LogP contribution in [-0.2, 0) is 14.8 Å². The van der Waals surface area contributed by atoms with Crippen LogP contribution in [0.25, 0.3) is 0 Å². The highest BCUT2D eigenvalue weighted by Gasteiger charge is 2.18. The Kier molecular flexibility index (Phi) is 5.13. The summed E-state index contributed by atoms with van der Waals surface area (Å²) >= 11 is 0. The molecule has 5 nitrogen and oxygen atoms in total. The summed E-state index contributed by atoms with van der Waals surface area (Å²) in [6.07, 6.45) is -0.0182. The average Bonchev–Trinajstić information content (AvgIpc) is 2.38. The van der Waals surface area contributed by atoms with Crippen molar-refractivity contribution in [2.75, 3.05) is 19.5 Å². The first kappa shape index (κ1) is 14.9. The van der Waals surface area contributed by atoms with Gasteiger partial charge >= 0.3 is 0 Å². The second-order valence-electron chi connectivity index (χ2n) is 4.08. The van der Waals surface area contributed by atoms with Gasteiger partial charge < -0.3 is 10.1 Å². The van der Waals surface area contributed by atoms with Gasteiger partial charge in [0.05, 0.1) is 11.8 Å². The summed E-state index contributed by atoms with van der Waals surface area (Å²) in [6, 6.07) is 6.80. The van der Waals surface area contributed by atoms with Gasteiger partial charge in [-0.25, -0.2) is 13.1 Å². The molecule has 18 heavy (non-hydrogen) atoms. The summed E-state index contributed by atoms with van der Waals surface area (Å²) in [5.74, 6) is 0. The SMILES string of the molecule is CNS(=O)(=O)c1ccccc1NC(C)C(C)OC. The molecule has 0 spiro atoms. The molecule has 0 heterocycles. The van der Waals surface area contributed by atoms with Gasteiger partial charge in [-0.15, -0.1) is 0 Å². The molecule has 0 aliphatic carbocycles. The zero-order valence-electron chi connectivity index (χ0n) is 11.1. The fourth-order valence-electron chi connectivity index (χ4n) is 1.50. The molecule has 2 atom stereocenters. The van der Waals surface area contributed by atoms with Crippen molar-refractivity contribution in [3.63, 3.8) is 0 Å². The third-order valence-electron chi connectivity index (χ3n) is 2.90. The summed E-state index contributed by atoms with van der Waals surface area (Å²) in [6.45, 7) is 3.86. The summed E-state index contributed by atoms with van der Waals surface area (Å²) in [7, 11) is -0.440. The Morgan fingerprint density at radius 2 is 1.83 bits per heavy atom. The smallest absolute Gasteiger partial charge is 0.242 e. The average molecular weight is 272 g/mol. The van der Waals surface area contributed by atoms with Crippen LogP contribution in [0.4, 0.5) is 5.69 Å². The molecule has 0 saturated heterocycles. The summed E-state index contributed by atoms with van der Waals surface area (Å²) in [5.41, 5.74) is 0.572. The van der Waals surface area contributed by atoms with E-state index in [-0.39, 0.29) is 17.0 Å². The van der Waals surface area contributed by atoms with Crippen LogP contribution in [0.1, 0.15) is 13.8 Å². The molecule has 1 aromatic rings. The summed E-state index contributed by atoms with van der Waals surface area (Å²) < 4.78 is 31.2. The zero-order valence-corrected chi connectivity index (χ0v) is 11.9. The van der Waals surface area contributed by atoms with E-state index in [0.717, 1.165) is 0 Å². The number of benzene rings is 1. The van der Waals surface area contributed by atoms with E-state index in [1.54, 1.807) is 31.4 Å². The quantitative estimate of drug-likeness (QED) is 0.822. The molecule has 0 amide bonds. The second-order valence-corrected chi connectivity index (χ2v) is 5.93. The third-order valence-corrected chi connectivity index (χ3v) is 4.38. The number of anilines is 1. The molecule has 0 aromatic heterocycles. The van der Waals surface area contributed by atoms with Gasteiger partial charge in [-0.05, 0) is 33.0 Å². The lowest BCUT2D eigenvalue weighted by Crippen LogP contribution is -2.31. The van der Waals surface area contributed by atoms with E-state index in [9.17, 15) is 8.42 Å². The molecule has 0 saturated carbocycles. The number of methoxy groups -OCH3 is 1. The Bertz CT molecular complexity index is 488. The molecule has 1 aromatic carbocycles. The maximum atomic E-state index is 11.9. The van der Waals surface area contributed by atoms with Gasteiger partial charge in [0.25, 0.3) is 0 Å². The van der Waals surface area contributed by atoms with Crippen LogP contribution in [0.3, 0.4) is 0 Å². The molecule has 2 N–H and O–H groups in total. The molecule has 0 aliphatic heterocycles. The minimum atomic E-state index is -3.46. The fraction of sp³-hybridized carbons (Fsp3) is 0.500. The maximum absolute atomic E-state index is 11.9. The molecular formula is C12H20N2O3S. The minimum absolute atomic E-state index is 0.00297. The maximum Gasteiger partial charge on any atom is 0.242 e. The number of hydrogen-bond donors (Lipinski definition) is 2. The third kappa shape index (κ3) is 3.44. The predicted molar refractivity (Wildman–Crippen MR) is 72.2 cm³/mol. The summed E-state index contributed by atoms with van der Waals surface area (Å²) in [5, 5.41) is 3.16. The Morgan fingerprint density at radius 3 is 2.39 bits per heavy atom. The lowest BCUT2D eigenvalue weighted by atomic mass is 10.2. The highest BCUT2D eigenvalue weighted by molar-refractivity contribution is 7.89. The van der Waals surface area contributed by atoms with Crippen LogP contribution in [0.15, 0.2) is 29.2 Å². The van der Waals surface area contributed by atoms with Crippen molar-refractivity contribution in [1.29, 1.82) is 0 Å². The van der Waals surface area contributed by atoms with Gasteiger partial charge in [0.1, 0.15) is 4.90 Å². The van der Waals surface area contributed by atoms with E-state index in [1.165, 1.54) is 7.05 Å². The van der Waals surface area contributed by atoms with Gasteiger partial charge in [0.15, 0.2) is 0 Å². The normalized spacial score (nSPS) is 15.1. The molecule has 0 aliphatic rings. The molecule has 1 rings (SSSR count). The number of rotatable bonds is 6. The molecule has 0 fully saturated rings. The van der Waals surface area contributed by atoms with Gasteiger partial charge in [-0.2, -0.15) is 0 Å². The molecule has 6 heteroatoms. The van der Waals surface area contributed by atoms with Crippen LogP contribution in [0.5, 0.6) is 0 Å². The predicted octanol–water partition coefficient (Wildman–Crippen LogP) is 1.43. The van der Waals surface area contributed by atoms with Crippen molar-refractivity contribution in [1.82, 2.24) is 4.72 Å². The van der Waals surface area contributed by atoms with Crippen molar-refractivity contribution in [2.24, 2.45) is 0 Å². The van der Waals surface area contributed by atoms with Gasteiger partial charge in [0, 0.05) is 13.2 Å². The van der Waals surface area contributed by atoms with E-state index < -0.39 is 10.0 Å². The van der Waals surface area contributed by atoms with Crippen LogP contribution < -0.4 is 10.0 Å². The Balaban J connectivity index is 3.04. The first-order chi connectivity index (χ1) is 8.42. The van der Waals surface area contributed by atoms with Gasteiger partial charge in [0.2, 0.25) is 10.0 Å². The number of sulfonamides is 1. The van der Waals surface area contributed by atoms with E-state index in [1.807, 2.05) is 13.8 Å². The fourth-order valence-corrected chi connectivity index (χ4v) is 2.39. The van der Waals surface area contributed by atoms with Crippen LogP contribution >= 0.6 is 0 Å². The second kappa shape index (κ2) is 6.17. The number of ether oxygens (including phenoxy) is 1. The van der Waals surface area contributed by atoms with Crippen molar-refractivity contribution >= 4 is 15.7 Å². The van der Waals surface area contributed by atoms with Crippen LogP contribution in [0.2, 0.25) is 0 Å². The van der Waals surface area contributed by atoms with Crippen LogP contribution in [-0.4, -0.2) is 34.7 Å². The van der Waals surface area contributed by atoms with Crippen molar-refractivity contribution in [2.45, 2.75) is 30.9 Å². The largest absolute Gasteiger partial charge is 0.380 e. The van der Waals surface area contributed by atoms with E-state index in [2.05, 4.69) is 10.0 Å². The van der Waals surface area contributed by atoms with E-state index in [4.69, 9.17) is 4.74 Å². The first-order valence-corrected chi connectivity index (χ1v) is 7.22. The van der Waals surface area contributed by atoms with Crippen molar-refractivity contribution in [3.05, 3.63) is 24.3 Å². The Labute approximate surface area is 109 Å². The van der Waals surface area contributed by atoms with Gasteiger partial charge in [-0.1, -0.05) is 12.1 Å². The summed E-state index contributed by atoms with van der Waals surface area (Å²) in [4.78, 5) is 0.239. The molecular weight excluding hydrogens is 252 g/mol. The first-order valence-electron chi connectivity index (χ1n) is 5.74. The molecule has 102 valence electrons. The number of hydrogen-bond acceptors (Lipinski definition) is 4. The molecule has 0 bridgehead atoms. The van der Waals surface area contributed by atoms with Crippen molar-refractivity contribution < 1.29 is 13.2 Å². The zero-order chi connectivity index (χ0) is 13.8. The molecule has 0 radical (unpaired) electrons. The van der Waals surface area contributed by atoms with Crippen molar-refractivity contribution in [3.8, 4) is 0 Å². The van der Waals surface area contributed by atoms with E-state index in [0.29, 0.717) is 5.69 Å². The molecule has 2 unspecified atom stereocenters. The highest BCUT2D eigenvalue weighted by atomic mass is 32.2. The number of para-hydroxylation sites is 1. The topological polar surface area (TPSA) is 67.4 Å². The highest BCUT2D eigenvalue weighted by Crippen LogP contribution is 2.21. The standard InChI is InChI=1S/C12H20N2O3S/c1-9(10(2)17-4)14-11-7-5-6-8-12(11)18(15,16)13-3/h5-10,13-14H,1-4H3. The van der Waals surface area contributed by atoms with Gasteiger partial charge in [-0.3, -0.25) is 0 Å².